The van der Waals surface area contributed by atoms with E-state index in [9.17, 15) is 10.1 Å². The van der Waals surface area contributed by atoms with Crippen molar-refractivity contribution in [3.63, 3.8) is 0 Å². The summed E-state index contributed by atoms with van der Waals surface area (Å²) < 4.78 is 6.22. The minimum atomic E-state index is -0.466. The van der Waals surface area contributed by atoms with Gasteiger partial charge >= 0.3 is 5.69 Å². The van der Waals surface area contributed by atoms with Crippen molar-refractivity contribution >= 4 is 33.2 Å². The molecule has 20 heavy (non-hydrogen) atoms. The van der Waals surface area contributed by atoms with Gasteiger partial charge in [0.1, 0.15) is 11.8 Å². The van der Waals surface area contributed by atoms with Gasteiger partial charge in [-0.2, -0.15) is 0 Å². The maximum Gasteiger partial charge on any atom is 0.312 e. The molecular formula is C13H10BrClN2O3. The second-order valence-electron chi connectivity index (χ2n) is 4.10. The lowest BCUT2D eigenvalue weighted by molar-refractivity contribution is -0.386. The number of aryl methyl sites for hydroxylation is 1. The van der Waals surface area contributed by atoms with Crippen LogP contribution in [0.5, 0.6) is 5.75 Å². The van der Waals surface area contributed by atoms with E-state index in [4.69, 9.17) is 16.3 Å². The molecule has 0 fully saturated rings. The molecule has 0 aliphatic rings. The number of hydrogen-bond donors (Lipinski definition) is 0. The molecule has 0 unspecified atom stereocenters. The fraction of sp³-hybridized carbons (Fsp3) is 0.154. The summed E-state index contributed by atoms with van der Waals surface area (Å²) in [5.41, 5.74) is 1.41. The molecule has 5 nitrogen and oxygen atoms in total. The van der Waals surface area contributed by atoms with E-state index in [1.807, 2.05) is 0 Å². The Labute approximate surface area is 128 Å². The van der Waals surface area contributed by atoms with Gasteiger partial charge in [0.15, 0.2) is 5.75 Å². The Morgan fingerprint density at radius 3 is 2.85 bits per heavy atom. The van der Waals surface area contributed by atoms with Crippen LogP contribution >= 0.6 is 27.5 Å². The van der Waals surface area contributed by atoms with Gasteiger partial charge in [-0.15, -0.1) is 0 Å². The fourth-order valence-electron chi connectivity index (χ4n) is 1.72. The number of rotatable bonds is 4. The molecule has 0 saturated carbocycles. The zero-order valence-electron chi connectivity index (χ0n) is 10.5. The molecule has 104 valence electrons. The number of halogens is 2. The van der Waals surface area contributed by atoms with Crippen molar-refractivity contribution in [3.05, 3.63) is 61.3 Å². The molecule has 7 heteroatoms. The van der Waals surface area contributed by atoms with Crippen LogP contribution in [0.4, 0.5) is 5.69 Å². The Hall–Kier alpha value is -1.66. The number of pyridine rings is 1. The largest absolute Gasteiger partial charge is 0.482 e. The number of nitro benzene ring substituents is 1. The summed E-state index contributed by atoms with van der Waals surface area (Å²) in [4.78, 5) is 14.5. The predicted octanol–water partition coefficient (Wildman–Crippen LogP) is 4.29. The highest BCUT2D eigenvalue weighted by Crippen LogP contribution is 2.34. The Kier molecular flexibility index (Phi) is 4.57. The molecule has 0 amide bonds. The van der Waals surface area contributed by atoms with Crippen molar-refractivity contribution in [2.45, 2.75) is 13.5 Å². The Balaban J connectivity index is 2.27. The van der Waals surface area contributed by atoms with Crippen LogP contribution in [0.1, 0.15) is 11.1 Å². The third-order valence-electron chi connectivity index (χ3n) is 2.59. The first-order chi connectivity index (χ1) is 9.47. The summed E-state index contributed by atoms with van der Waals surface area (Å²) >= 11 is 9.01. The number of nitrogens with zero attached hydrogens (tertiary/aromatic N) is 2. The normalized spacial score (nSPS) is 10.3. The highest BCUT2D eigenvalue weighted by molar-refractivity contribution is 9.10. The average molecular weight is 358 g/mol. The molecule has 1 aromatic heterocycles. The second-order valence-corrected chi connectivity index (χ2v) is 5.41. The molecule has 1 aromatic carbocycles. The first-order valence-electron chi connectivity index (χ1n) is 5.65. The Morgan fingerprint density at radius 2 is 2.20 bits per heavy atom. The van der Waals surface area contributed by atoms with Gasteiger partial charge in [0.25, 0.3) is 0 Å². The molecule has 0 N–H and O–H groups in total. The summed E-state index contributed by atoms with van der Waals surface area (Å²) in [5.74, 6) is 0.256. The Morgan fingerprint density at radius 1 is 1.45 bits per heavy atom. The van der Waals surface area contributed by atoms with Crippen LogP contribution in [0.3, 0.4) is 0 Å². The van der Waals surface area contributed by atoms with E-state index >= 15 is 0 Å². The summed E-state index contributed by atoms with van der Waals surface area (Å²) in [5, 5.41) is 11.4. The zero-order chi connectivity index (χ0) is 14.7. The maximum atomic E-state index is 11.1. The van der Waals surface area contributed by atoms with Crippen LogP contribution in [0, 0.1) is 17.0 Å². The average Bonchev–Trinajstić information content (AvgIpc) is 2.36. The number of aromatic nitrogens is 1. The van der Waals surface area contributed by atoms with E-state index in [0.717, 1.165) is 5.56 Å². The van der Waals surface area contributed by atoms with Crippen LogP contribution < -0.4 is 4.74 Å². The lowest BCUT2D eigenvalue weighted by atomic mass is 10.2. The van der Waals surface area contributed by atoms with Crippen molar-refractivity contribution in [3.8, 4) is 5.75 Å². The maximum absolute atomic E-state index is 11.1. The fourth-order valence-corrected chi connectivity index (χ4v) is 2.48. The van der Waals surface area contributed by atoms with E-state index in [2.05, 4.69) is 20.9 Å². The van der Waals surface area contributed by atoms with Gasteiger partial charge in [0, 0.05) is 16.7 Å². The van der Waals surface area contributed by atoms with Gasteiger partial charge in [-0.1, -0.05) is 27.5 Å². The van der Waals surface area contributed by atoms with Gasteiger partial charge in [0.2, 0.25) is 0 Å². The molecule has 0 aliphatic carbocycles. The number of benzene rings is 1. The summed E-state index contributed by atoms with van der Waals surface area (Å²) in [6.45, 7) is 1.94. The van der Waals surface area contributed by atoms with Gasteiger partial charge in [-0.3, -0.25) is 10.1 Å². The Bertz CT molecular complexity index is 664. The SMILES string of the molecule is Cc1cc(Br)cc([N+](=O)[O-])c1OCc1ccnc(Cl)c1. The first kappa shape index (κ1) is 14.7. The highest BCUT2D eigenvalue weighted by atomic mass is 79.9. The molecular weight excluding hydrogens is 348 g/mol. The third kappa shape index (κ3) is 3.46. The van der Waals surface area contributed by atoms with E-state index in [1.165, 1.54) is 6.07 Å². The number of nitro groups is 1. The smallest absolute Gasteiger partial charge is 0.312 e. The van der Waals surface area contributed by atoms with Gasteiger partial charge < -0.3 is 4.74 Å². The van der Waals surface area contributed by atoms with Crippen molar-refractivity contribution in [1.82, 2.24) is 4.98 Å². The second kappa shape index (κ2) is 6.19. The molecule has 0 aliphatic heterocycles. The number of hydrogen-bond acceptors (Lipinski definition) is 4. The summed E-state index contributed by atoms with van der Waals surface area (Å²) in [6.07, 6.45) is 1.56. The van der Waals surface area contributed by atoms with Crippen LogP contribution in [-0.4, -0.2) is 9.91 Å². The number of ether oxygens (including phenoxy) is 1. The van der Waals surface area contributed by atoms with Crippen LogP contribution in [0.15, 0.2) is 34.9 Å². The van der Waals surface area contributed by atoms with E-state index in [-0.39, 0.29) is 18.0 Å². The third-order valence-corrected chi connectivity index (χ3v) is 3.26. The molecule has 1 heterocycles. The molecule has 0 spiro atoms. The van der Waals surface area contributed by atoms with Crippen molar-refractivity contribution in [1.29, 1.82) is 0 Å². The lowest BCUT2D eigenvalue weighted by Crippen LogP contribution is -2.01. The lowest BCUT2D eigenvalue weighted by Gasteiger charge is -2.10. The van der Waals surface area contributed by atoms with Crippen LogP contribution in [-0.2, 0) is 6.61 Å². The first-order valence-corrected chi connectivity index (χ1v) is 6.82. The minimum absolute atomic E-state index is 0.0722. The molecule has 0 bridgehead atoms. The summed E-state index contributed by atoms with van der Waals surface area (Å²) in [6, 6.07) is 6.58. The predicted molar refractivity (Wildman–Crippen MR) is 79.1 cm³/mol. The minimum Gasteiger partial charge on any atom is -0.482 e. The molecule has 0 radical (unpaired) electrons. The zero-order valence-corrected chi connectivity index (χ0v) is 12.8. The quantitative estimate of drug-likeness (QED) is 0.465. The van der Waals surface area contributed by atoms with E-state index in [1.54, 1.807) is 31.3 Å². The molecule has 0 saturated heterocycles. The van der Waals surface area contributed by atoms with E-state index < -0.39 is 4.92 Å². The van der Waals surface area contributed by atoms with Crippen molar-refractivity contribution in [2.75, 3.05) is 0 Å². The van der Waals surface area contributed by atoms with Crippen molar-refractivity contribution in [2.24, 2.45) is 0 Å². The molecule has 2 rings (SSSR count). The van der Waals surface area contributed by atoms with Gasteiger partial charge in [-0.05, 0) is 36.2 Å². The van der Waals surface area contributed by atoms with E-state index in [0.29, 0.717) is 15.2 Å². The van der Waals surface area contributed by atoms with Crippen LogP contribution in [0.2, 0.25) is 5.15 Å². The van der Waals surface area contributed by atoms with Gasteiger partial charge in [-0.25, -0.2) is 4.98 Å². The molecule has 2 aromatic rings. The molecule has 0 atom stereocenters. The standard InChI is InChI=1S/C13H10BrClN2O3/c1-8-4-10(14)6-11(17(18)19)13(8)20-7-9-2-3-16-12(15)5-9/h2-6H,7H2,1H3. The summed E-state index contributed by atoms with van der Waals surface area (Å²) in [7, 11) is 0. The topological polar surface area (TPSA) is 65.3 Å². The van der Waals surface area contributed by atoms with Gasteiger partial charge in [0.05, 0.1) is 4.92 Å². The monoisotopic (exact) mass is 356 g/mol. The van der Waals surface area contributed by atoms with Crippen LogP contribution in [0.25, 0.3) is 0 Å². The highest BCUT2D eigenvalue weighted by Gasteiger charge is 2.19. The van der Waals surface area contributed by atoms with Crippen molar-refractivity contribution < 1.29 is 9.66 Å².